The molecule has 0 atom stereocenters. The van der Waals surface area contributed by atoms with E-state index >= 15 is 0 Å². The zero-order chi connectivity index (χ0) is 13.6. The van der Waals surface area contributed by atoms with Gasteiger partial charge in [-0.3, -0.25) is 4.79 Å². The monoisotopic (exact) mass is 257 g/mol. The molecule has 1 rings (SSSR count). The highest BCUT2D eigenvalue weighted by atomic mass is 16.6. The van der Waals surface area contributed by atoms with Crippen molar-refractivity contribution in [1.82, 2.24) is 5.32 Å². The Hall–Kier alpha value is -1.26. The minimum absolute atomic E-state index is 0.161. The third-order valence-electron chi connectivity index (χ3n) is 3.43. The molecule has 5 nitrogen and oxygen atoms in total. The minimum atomic E-state index is -0.813. The van der Waals surface area contributed by atoms with Crippen LogP contribution in [0.1, 0.15) is 52.4 Å². The Labute approximate surface area is 108 Å². The Morgan fingerprint density at radius 3 is 2.22 bits per heavy atom. The topological polar surface area (TPSA) is 75.6 Å². The first-order valence-corrected chi connectivity index (χ1v) is 6.64. The first kappa shape index (κ1) is 14.8. The summed E-state index contributed by atoms with van der Waals surface area (Å²) < 4.78 is 4.95. The molecule has 1 amide bonds. The van der Waals surface area contributed by atoms with Crippen LogP contribution in [0, 0.1) is 5.41 Å². The maximum atomic E-state index is 11.5. The molecule has 0 heterocycles. The van der Waals surface area contributed by atoms with Gasteiger partial charge in [-0.25, -0.2) is 4.79 Å². The first-order valence-electron chi connectivity index (χ1n) is 6.64. The van der Waals surface area contributed by atoms with Crippen LogP contribution in [-0.4, -0.2) is 29.8 Å². The van der Waals surface area contributed by atoms with Gasteiger partial charge in [-0.1, -0.05) is 25.7 Å². The van der Waals surface area contributed by atoms with Crippen LogP contribution in [0.25, 0.3) is 0 Å². The van der Waals surface area contributed by atoms with Crippen molar-refractivity contribution in [3.05, 3.63) is 0 Å². The van der Waals surface area contributed by atoms with Gasteiger partial charge in [0, 0.05) is 6.54 Å². The lowest BCUT2D eigenvalue weighted by molar-refractivity contribution is -0.149. The van der Waals surface area contributed by atoms with Gasteiger partial charge < -0.3 is 15.2 Å². The predicted molar refractivity (Wildman–Crippen MR) is 67.4 cm³/mol. The molecule has 0 spiro atoms. The quantitative estimate of drug-likeness (QED) is 0.759. The van der Waals surface area contributed by atoms with Crippen LogP contribution < -0.4 is 5.32 Å². The standard InChI is InChI=1S/C13H23NO4/c1-10(2)18-12(17)14-9-13(11(15)16)7-5-3-4-6-8-13/h10H,3-9H2,1-2H3,(H,14,17)(H,15,16). The van der Waals surface area contributed by atoms with E-state index in [1.165, 1.54) is 0 Å². The second-order valence-corrected chi connectivity index (χ2v) is 5.31. The molecule has 0 unspecified atom stereocenters. The maximum absolute atomic E-state index is 11.5. The number of hydrogen-bond donors (Lipinski definition) is 2. The number of carbonyl (C=O) groups excluding carboxylic acids is 1. The Morgan fingerprint density at radius 1 is 1.22 bits per heavy atom. The zero-order valence-electron chi connectivity index (χ0n) is 11.2. The molecular weight excluding hydrogens is 234 g/mol. The maximum Gasteiger partial charge on any atom is 0.407 e. The SMILES string of the molecule is CC(C)OC(=O)NCC1(C(=O)O)CCCCCC1. The lowest BCUT2D eigenvalue weighted by atomic mass is 9.80. The summed E-state index contributed by atoms with van der Waals surface area (Å²) in [6.45, 7) is 3.68. The van der Waals surface area contributed by atoms with Crippen molar-refractivity contribution < 1.29 is 19.4 Å². The molecule has 1 aliphatic carbocycles. The van der Waals surface area contributed by atoms with Crippen LogP contribution in [0.5, 0.6) is 0 Å². The molecule has 0 aromatic rings. The van der Waals surface area contributed by atoms with E-state index in [4.69, 9.17) is 4.74 Å². The average Bonchev–Trinajstić information content (AvgIpc) is 2.51. The molecule has 0 saturated heterocycles. The number of carboxylic acid groups (broad SMARTS) is 1. The fourth-order valence-corrected chi connectivity index (χ4v) is 2.37. The van der Waals surface area contributed by atoms with E-state index in [1.54, 1.807) is 13.8 Å². The van der Waals surface area contributed by atoms with Crippen molar-refractivity contribution in [2.24, 2.45) is 5.41 Å². The van der Waals surface area contributed by atoms with Crippen molar-refractivity contribution in [1.29, 1.82) is 0 Å². The van der Waals surface area contributed by atoms with Crippen molar-refractivity contribution in [3.8, 4) is 0 Å². The Kier molecular flexibility index (Phi) is 5.44. The molecule has 2 N–H and O–H groups in total. The largest absolute Gasteiger partial charge is 0.481 e. The molecular formula is C13H23NO4. The van der Waals surface area contributed by atoms with E-state index in [2.05, 4.69) is 5.32 Å². The number of ether oxygens (including phenoxy) is 1. The number of aliphatic carboxylic acids is 1. The normalized spacial score (nSPS) is 19.1. The number of carbonyl (C=O) groups is 2. The van der Waals surface area contributed by atoms with E-state index in [1.807, 2.05) is 0 Å². The summed E-state index contributed by atoms with van der Waals surface area (Å²) in [4.78, 5) is 22.9. The highest BCUT2D eigenvalue weighted by Crippen LogP contribution is 2.34. The molecule has 1 fully saturated rings. The molecule has 0 aromatic carbocycles. The summed E-state index contributed by atoms with van der Waals surface area (Å²) in [5.74, 6) is -0.811. The number of rotatable bonds is 4. The van der Waals surface area contributed by atoms with Gasteiger partial charge >= 0.3 is 12.1 Å². The van der Waals surface area contributed by atoms with Gasteiger partial charge in [0.2, 0.25) is 0 Å². The van der Waals surface area contributed by atoms with E-state index in [9.17, 15) is 14.7 Å². The second kappa shape index (κ2) is 6.61. The van der Waals surface area contributed by atoms with Crippen LogP contribution in [0.4, 0.5) is 4.79 Å². The van der Waals surface area contributed by atoms with E-state index < -0.39 is 17.5 Å². The van der Waals surface area contributed by atoms with Crippen molar-refractivity contribution >= 4 is 12.1 Å². The Bertz CT molecular complexity index is 293. The van der Waals surface area contributed by atoms with Crippen LogP contribution in [-0.2, 0) is 9.53 Å². The predicted octanol–water partition coefficient (Wildman–Crippen LogP) is 2.55. The molecule has 18 heavy (non-hydrogen) atoms. The fourth-order valence-electron chi connectivity index (χ4n) is 2.37. The summed E-state index contributed by atoms with van der Waals surface area (Å²) in [5, 5.41) is 12.0. The van der Waals surface area contributed by atoms with Gasteiger partial charge in [0.1, 0.15) is 0 Å². The van der Waals surface area contributed by atoms with Gasteiger partial charge in [-0.05, 0) is 26.7 Å². The number of alkyl carbamates (subject to hydrolysis) is 1. The molecule has 0 aromatic heterocycles. The lowest BCUT2D eigenvalue weighted by Gasteiger charge is -2.28. The van der Waals surface area contributed by atoms with Crippen molar-refractivity contribution in [3.63, 3.8) is 0 Å². The molecule has 0 aliphatic heterocycles. The van der Waals surface area contributed by atoms with Crippen LogP contribution in [0.2, 0.25) is 0 Å². The minimum Gasteiger partial charge on any atom is -0.481 e. The smallest absolute Gasteiger partial charge is 0.407 e. The number of hydrogen-bond acceptors (Lipinski definition) is 3. The van der Waals surface area contributed by atoms with E-state index in [0.717, 1.165) is 25.7 Å². The van der Waals surface area contributed by atoms with Gasteiger partial charge in [-0.15, -0.1) is 0 Å². The van der Waals surface area contributed by atoms with Gasteiger partial charge in [0.05, 0.1) is 11.5 Å². The lowest BCUT2D eigenvalue weighted by Crippen LogP contribution is -2.43. The number of nitrogens with one attached hydrogen (secondary N) is 1. The third-order valence-corrected chi connectivity index (χ3v) is 3.43. The van der Waals surface area contributed by atoms with Gasteiger partial charge in [0.15, 0.2) is 0 Å². The highest BCUT2D eigenvalue weighted by Gasteiger charge is 2.39. The molecule has 1 aliphatic rings. The summed E-state index contributed by atoms with van der Waals surface area (Å²) >= 11 is 0. The molecule has 104 valence electrons. The van der Waals surface area contributed by atoms with Crippen LogP contribution >= 0.6 is 0 Å². The number of amides is 1. The van der Waals surface area contributed by atoms with E-state index in [0.29, 0.717) is 12.8 Å². The molecule has 0 bridgehead atoms. The Balaban J connectivity index is 2.57. The summed E-state index contributed by atoms with van der Waals surface area (Å²) in [6.07, 6.45) is 4.50. The van der Waals surface area contributed by atoms with Gasteiger partial charge in [-0.2, -0.15) is 0 Å². The summed E-state index contributed by atoms with van der Waals surface area (Å²) in [7, 11) is 0. The van der Waals surface area contributed by atoms with Crippen molar-refractivity contribution in [2.45, 2.75) is 58.5 Å². The summed E-state index contributed by atoms with van der Waals surface area (Å²) in [5.41, 5.74) is -0.813. The van der Waals surface area contributed by atoms with Crippen molar-refractivity contribution in [2.75, 3.05) is 6.54 Å². The molecule has 1 saturated carbocycles. The zero-order valence-corrected chi connectivity index (χ0v) is 11.2. The second-order valence-electron chi connectivity index (χ2n) is 5.31. The fraction of sp³-hybridized carbons (Fsp3) is 0.846. The first-order chi connectivity index (χ1) is 8.46. The third kappa shape index (κ3) is 4.20. The van der Waals surface area contributed by atoms with Gasteiger partial charge in [0.25, 0.3) is 0 Å². The van der Waals surface area contributed by atoms with E-state index in [-0.39, 0.29) is 12.6 Å². The highest BCUT2D eigenvalue weighted by molar-refractivity contribution is 5.76. The number of carboxylic acids is 1. The molecule has 5 heteroatoms. The van der Waals surface area contributed by atoms with Crippen LogP contribution in [0.3, 0.4) is 0 Å². The Morgan fingerprint density at radius 2 is 1.78 bits per heavy atom. The van der Waals surface area contributed by atoms with Crippen LogP contribution in [0.15, 0.2) is 0 Å². The summed E-state index contributed by atoms with van der Waals surface area (Å²) in [6, 6.07) is 0. The average molecular weight is 257 g/mol. The molecule has 0 radical (unpaired) electrons.